The number of aryl methyl sites for hydroxylation is 1. The Morgan fingerprint density at radius 3 is 3.15 bits per heavy atom. The minimum absolute atomic E-state index is 0. The molecule has 1 atom stereocenters. The zero-order valence-corrected chi connectivity index (χ0v) is 12.0. The van der Waals surface area contributed by atoms with Crippen LogP contribution in [0.15, 0.2) is 16.8 Å². The van der Waals surface area contributed by atoms with Crippen molar-refractivity contribution in [3.63, 3.8) is 0 Å². The molecule has 0 aliphatic carbocycles. The van der Waals surface area contributed by atoms with E-state index in [-0.39, 0.29) is 24.4 Å². The van der Waals surface area contributed by atoms with Crippen LogP contribution in [0.1, 0.15) is 28.9 Å². The number of hydrogen-bond donors (Lipinski definition) is 2. The van der Waals surface area contributed by atoms with E-state index < -0.39 is 0 Å². The Bertz CT molecular complexity index is 607. The molecule has 0 aromatic carbocycles. The van der Waals surface area contributed by atoms with Gasteiger partial charge in [0, 0.05) is 18.8 Å². The van der Waals surface area contributed by atoms with Gasteiger partial charge in [-0.1, -0.05) is 5.16 Å². The Hall–Kier alpha value is -1.66. The molecule has 6 nitrogen and oxygen atoms in total. The summed E-state index contributed by atoms with van der Waals surface area (Å²) in [5.74, 6) is -0.0938. The van der Waals surface area contributed by atoms with Gasteiger partial charge in [0.2, 0.25) is 0 Å². The number of aromatic nitrogens is 2. The number of nitrogens with zero attached hydrogens (tertiary/aromatic N) is 2. The van der Waals surface area contributed by atoms with Crippen LogP contribution in [-0.4, -0.2) is 35.2 Å². The van der Waals surface area contributed by atoms with Gasteiger partial charge in [0.05, 0.1) is 16.6 Å². The molecule has 7 heteroatoms. The van der Waals surface area contributed by atoms with Gasteiger partial charge in [-0.25, -0.2) is 4.98 Å². The van der Waals surface area contributed by atoms with Crippen LogP contribution < -0.4 is 10.6 Å². The van der Waals surface area contributed by atoms with Gasteiger partial charge >= 0.3 is 0 Å². The lowest BCUT2D eigenvalue weighted by Crippen LogP contribution is -2.45. The summed E-state index contributed by atoms with van der Waals surface area (Å²) in [4.78, 5) is 16.3. The number of halogens is 1. The molecule has 2 aromatic heterocycles. The second-order valence-electron chi connectivity index (χ2n) is 4.86. The Morgan fingerprint density at radius 1 is 1.55 bits per heavy atom. The number of amides is 1. The Labute approximate surface area is 122 Å². The van der Waals surface area contributed by atoms with Crippen LogP contribution in [0, 0.1) is 6.92 Å². The van der Waals surface area contributed by atoms with Crippen LogP contribution in [-0.2, 0) is 0 Å². The minimum Gasteiger partial charge on any atom is -0.348 e. The lowest BCUT2D eigenvalue weighted by molar-refractivity contribution is 0.0930. The summed E-state index contributed by atoms with van der Waals surface area (Å²) in [7, 11) is 0. The van der Waals surface area contributed by atoms with Crippen LogP contribution >= 0.6 is 12.4 Å². The molecule has 2 N–H and O–H groups in total. The zero-order chi connectivity index (χ0) is 13.2. The highest BCUT2D eigenvalue weighted by molar-refractivity contribution is 5.97. The monoisotopic (exact) mass is 296 g/mol. The fraction of sp³-hybridized carbons (Fsp3) is 0.462. The average Bonchev–Trinajstić information content (AvgIpc) is 2.81. The van der Waals surface area contributed by atoms with Crippen molar-refractivity contribution in [2.75, 3.05) is 13.1 Å². The number of nitrogens with one attached hydrogen (secondary N) is 2. The van der Waals surface area contributed by atoms with E-state index in [4.69, 9.17) is 4.52 Å². The number of rotatable bonds is 2. The van der Waals surface area contributed by atoms with Crippen LogP contribution in [0.2, 0.25) is 0 Å². The van der Waals surface area contributed by atoms with Crippen molar-refractivity contribution in [2.24, 2.45) is 0 Å². The molecule has 1 saturated heterocycles. The summed E-state index contributed by atoms with van der Waals surface area (Å²) in [5, 5.41) is 10.9. The first kappa shape index (κ1) is 14.7. The van der Waals surface area contributed by atoms with E-state index in [0.29, 0.717) is 11.3 Å². The van der Waals surface area contributed by atoms with Crippen molar-refractivity contribution in [1.82, 2.24) is 20.8 Å². The SMILES string of the molecule is Cc1noc2ncc(C(=O)NC3CCCNC3)cc12.Cl. The molecule has 3 rings (SSSR count). The van der Waals surface area contributed by atoms with Gasteiger partial charge in [0.15, 0.2) is 0 Å². The van der Waals surface area contributed by atoms with Crippen molar-refractivity contribution in [3.8, 4) is 0 Å². The van der Waals surface area contributed by atoms with Crippen LogP contribution in [0.4, 0.5) is 0 Å². The Morgan fingerprint density at radius 2 is 2.40 bits per heavy atom. The van der Waals surface area contributed by atoms with Gasteiger partial charge in [-0.15, -0.1) is 12.4 Å². The summed E-state index contributed by atoms with van der Waals surface area (Å²) >= 11 is 0. The predicted octanol–water partition coefficient (Wildman–Crippen LogP) is 1.43. The van der Waals surface area contributed by atoms with Gasteiger partial charge in [0.1, 0.15) is 0 Å². The summed E-state index contributed by atoms with van der Waals surface area (Å²) in [5.41, 5.74) is 1.76. The second kappa shape index (κ2) is 6.19. The summed E-state index contributed by atoms with van der Waals surface area (Å²) < 4.78 is 5.03. The van der Waals surface area contributed by atoms with Crippen LogP contribution in [0.25, 0.3) is 11.1 Å². The van der Waals surface area contributed by atoms with Gasteiger partial charge in [0.25, 0.3) is 11.6 Å². The largest absolute Gasteiger partial charge is 0.348 e. The molecule has 20 heavy (non-hydrogen) atoms. The van der Waals surface area contributed by atoms with Gasteiger partial charge < -0.3 is 15.2 Å². The third kappa shape index (κ3) is 2.91. The lowest BCUT2D eigenvalue weighted by atomic mass is 10.1. The molecule has 108 valence electrons. The lowest BCUT2D eigenvalue weighted by Gasteiger charge is -2.23. The molecule has 2 aromatic rings. The highest BCUT2D eigenvalue weighted by Crippen LogP contribution is 2.16. The summed E-state index contributed by atoms with van der Waals surface area (Å²) in [6.45, 7) is 3.69. The molecule has 1 unspecified atom stereocenters. The van der Waals surface area contributed by atoms with E-state index in [9.17, 15) is 4.79 Å². The summed E-state index contributed by atoms with van der Waals surface area (Å²) in [6.07, 6.45) is 3.63. The molecular formula is C13H17ClN4O2. The second-order valence-corrected chi connectivity index (χ2v) is 4.86. The van der Waals surface area contributed by atoms with E-state index in [1.165, 1.54) is 6.20 Å². The highest BCUT2D eigenvalue weighted by Gasteiger charge is 2.17. The van der Waals surface area contributed by atoms with E-state index in [0.717, 1.165) is 37.0 Å². The quantitative estimate of drug-likeness (QED) is 0.876. The molecule has 0 saturated carbocycles. The molecule has 0 radical (unpaired) electrons. The smallest absolute Gasteiger partial charge is 0.257 e. The molecule has 3 heterocycles. The van der Waals surface area contributed by atoms with Crippen molar-refractivity contribution in [1.29, 1.82) is 0 Å². The van der Waals surface area contributed by atoms with E-state index in [2.05, 4.69) is 20.8 Å². The predicted molar refractivity (Wildman–Crippen MR) is 77.1 cm³/mol. The fourth-order valence-electron chi connectivity index (χ4n) is 2.31. The molecule has 1 amide bonds. The van der Waals surface area contributed by atoms with Gasteiger partial charge in [-0.3, -0.25) is 4.79 Å². The fourth-order valence-corrected chi connectivity index (χ4v) is 2.31. The molecule has 0 bridgehead atoms. The molecular weight excluding hydrogens is 280 g/mol. The first-order chi connectivity index (χ1) is 9.24. The normalized spacial score (nSPS) is 18.6. The molecule has 1 aliphatic heterocycles. The number of fused-ring (bicyclic) bond motifs is 1. The van der Waals surface area contributed by atoms with Crippen molar-refractivity contribution >= 4 is 29.4 Å². The van der Waals surface area contributed by atoms with Gasteiger partial charge in [-0.05, 0) is 32.4 Å². The Kier molecular flexibility index (Phi) is 4.57. The maximum atomic E-state index is 12.2. The van der Waals surface area contributed by atoms with E-state index in [1.807, 2.05) is 6.92 Å². The van der Waals surface area contributed by atoms with E-state index >= 15 is 0 Å². The maximum absolute atomic E-state index is 12.2. The molecule has 1 aliphatic rings. The van der Waals surface area contributed by atoms with Crippen molar-refractivity contribution in [3.05, 3.63) is 23.5 Å². The minimum atomic E-state index is -0.0938. The number of hydrogen-bond acceptors (Lipinski definition) is 5. The average molecular weight is 297 g/mol. The zero-order valence-electron chi connectivity index (χ0n) is 11.2. The van der Waals surface area contributed by atoms with E-state index in [1.54, 1.807) is 6.07 Å². The maximum Gasteiger partial charge on any atom is 0.257 e. The van der Waals surface area contributed by atoms with Crippen LogP contribution in [0.5, 0.6) is 0 Å². The standard InChI is InChI=1S/C13H16N4O2.ClH/c1-8-11-5-9(6-15-13(11)19-17-8)12(18)16-10-3-2-4-14-7-10;/h5-6,10,14H,2-4,7H2,1H3,(H,16,18);1H. The first-order valence-electron chi connectivity index (χ1n) is 6.47. The Balaban J connectivity index is 0.00000147. The third-order valence-corrected chi connectivity index (χ3v) is 3.40. The third-order valence-electron chi connectivity index (χ3n) is 3.40. The topological polar surface area (TPSA) is 80.0 Å². The first-order valence-corrected chi connectivity index (χ1v) is 6.47. The number of piperidine rings is 1. The van der Waals surface area contributed by atoms with Crippen LogP contribution in [0.3, 0.4) is 0 Å². The number of pyridine rings is 1. The number of carbonyl (C=O) groups is 1. The highest BCUT2D eigenvalue weighted by atomic mass is 35.5. The van der Waals surface area contributed by atoms with Crippen molar-refractivity contribution in [2.45, 2.75) is 25.8 Å². The number of carbonyl (C=O) groups excluding carboxylic acids is 1. The van der Waals surface area contributed by atoms with Gasteiger partial charge in [-0.2, -0.15) is 0 Å². The molecule has 0 spiro atoms. The molecule has 1 fully saturated rings. The summed E-state index contributed by atoms with van der Waals surface area (Å²) in [6, 6.07) is 1.97. The van der Waals surface area contributed by atoms with Crippen molar-refractivity contribution < 1.29 is 9.32 Å².